The highest BCUT2D eigenvalue weighted by Gasteiger charge is 2.17. The van der Waals surface area contributed by atoms with E-state index in [-0.39, 0.29) is 16.5 Å². The number of carbonyl (C=O) groups excluding carboxylic acids is 1. The molecule has 0 aliphatic carbocycles. The molecule has 0 aliphatic heterocycles. The van der Waals surface area contributed by atoms with Crippen LogP contribution in [0.1, 0.15) is 24.2 Å². The van der Waals surface area contributed by atoms with Crippen LogP contribution in [0, 0.1) is 0 Å². The van der Waals surface area contributed by atoms with E-state index in [0.29, 0.717) is 14.4 Å². The zero-order valence-electron chi connectivity index (χ0n) is 12.3. The van der Waals surface area contributed by atoms with Crippen LogP contribution in [0.25, 0.3) is 0 Å². The fourth-order valence-corrected chi connectivity index (χ4v) is 4.50. The molecule has 9 heteroatoms. The van der Waals surface area contributed by atoms with Crippen LogP contribution < -0.4 is 10.0 Å². The number of halogens is 2. The Kier molecular flexibility index (Phi) is 5.70. The van der Waals surface area contributed by atoms with Crippen molar-refractivity contribution in [1.29, 1.82) is 0 Å². The quantitative estimate of drug-likeness (QED) is 0.807. The molecule has 124 valence electrons. The van der Waals surface area contributed by atoms with E-state index in [2.05, 4.69) is 10.0 Å². The molecular weight excluding hydrogens is 379 g/mol. The summed E-state index contributed by atoms with van der Waals surface area (Å²) in [6.45, 7) is 3.48. The molecule has 0 spiro atoms. The van der Waals surface area contributed by atoms with Gasteiger partial charge in [0.2, 0.25) is 10.0 Å². The van der Waals surface area contributed by atoms with Gasteiger partial charge in [-0.3, -0.25) is 4.79 Å². The highest BCUT2D eigenvalue weighted by molar-refractivity contribution is 7.89. The third kappa shape index (κ3) is 4.68. The highest BCUT2D eigenvalue weighted by atomic mass is 35.5. The van der Waals surface area contributed by atoms with Gasteiger partial charge in [-0.2, -0.15) is 0 Å². The number of rotatable bonds is 5. The number of amides is 1. The Labute approximate surface area is 148 Å². The van der Waals surface area contributed by atoms with E-state index in [0.717, 1.165) is 11.3 Å². The molecule has 1 heterocycles. The number of thiophene rings is 1. The first kappa shape index (κ1) is 18.2. The lowest BCUT2D eigenvalue weighted by Gasteiger charge is -2.10. The first-order valence-corrected chi connectivity index (χ1v) is 9.63. The van der Waals surface area contributed by atoms with Crippen LogP contribution in [0.4, 0.5) is 5.69 Å². The van der Waals surface area contributed by atoms with Gasteiger partial charge in [-0.15, -0.1) is 11.3 Å². The molecule has 0 radical (unpaired) electrons. The summed E-state index contributed by atoms with van der Waals surface area (Å²) in [6, 6.07) is 7.13. The molecule has 1 amide bonds. The number of sulfonamides is 1. The Balaban J connectivity index is 2.14. The Morgan fingerprint density at radius 1 is 1.17 bits per heavy atom. The summed E-state index contributed by atoms with van der Waals surface area (Å²) in [7, 11) is -3.56. The molecule has 1 aromatic heterocycles. The van der Waals surface area contributed by atoms with E-state index in [4.69, 9.17) is 23.2 Å². The van der Waals surface area contributed by atoms with E-state index in [1.807, 2.05) is 0 Å². The van der Waals surface area contributed by atoms with Crippen LogP contribution in [0.3, 0.4) is 0 Å². The Morgan fingerprint density at radius 3 is 2.26 bits per heavy atom. The predicted octanol–water partition coefficient (Wildman–Crippen LogP) is 3.99. The second-order valence-electron chi connectivity index (χ2n) is 4.99. The van der Waals surface area contributed by atoms with Crippen molar-refractivity contribution in [3.8, 4) is 0 Å². The van der Waals surface area contributed by atoms with Crippen molar-refractivity contribution in [3.63, 3.8) is 0 Å². The standard InChI is InChI=1S/C14H14Cl2N2O3S2/c1-8(2)18-23(20,21)10-5-3-9(4-6-10)17-14(19)11-7-12(15)22-13(11)16/h3-8,18H,1-2H3,(H,17,19). The summed E-state index contributed by atoms with van der Waals surface area (Å²) in [4.78, 5) is 12.2. The largest absolute Gasteiger partial charge is 0.322 e. The molecule has 23 heavy (non-hydrogen) atoms. The number of anilines is 1. The van der Waals surface area contributed by atoms with Gasteiger partial charge in [-0.05, 0) is 44.2 Å². The number of benzene rings is 1. The average molecular weight is 393 g/mol. The maximum Gasteiger partial charge on any atom is 0.258 e. The Hall–Kier alpha value is -1.12. The molecule has 0 atom stereocenters. The van der Waals surface area contributed by atoms with Crippen molar-refractivity contribution in [2.75, 3.05) is 5.32 Å². The molecule has 1 aromatic carbocycles. The van der Waals surface area contributed by atoms with Crippen molar-refractivity contribution >= 4 is 56.2 Å². The van der Waals surface area contributed by atoms with Crippen molar-refractivity contribution in [2.45, 2.75) is 24.8 Å². The summed E-state index contributed by atoms with van der Waals surface area (Å²) in [5.41, 5.74) is 0.733. The molecule has 0 bridgehead atoms. The lowest BCUT2D eigenvalue weighted by atomic mass is 10.3. The predicted molar refractivity (Wildman–Crippen MR) is 94.2 cm³/mol. The van der Waals surface area contributed by atoms with E-state index in [1.54, 1.807) is 13.8 Å². The fourth-order valence-electron chi connectivity index (χ4n) is 1.79. The molecule has 5 nitrogen and oxygen atoms in total. The summed E-state index contributed by atoms with van der Waals surface area (Å²) >= 11 is 12.8. The molecule has 0 aliphatic rings. The van der Waals surface area contributed by atoms with Crippen molar-refractivity contribution in [2.24, 2.45) is 0 Å². The van der Waals surface area contributed by atoms with Gasteiger partial charge in [0.05, 0.1) is 14.8 Å². The zero-order valence-corrected chi connectivity index (χ0v) is 15.4. The van der Waals surface area contributed by atoms with Crippen molar-refractivity contribution in [3.05, 3.63) is 44.6 Å². The first-order chi connectivity index (χ1) is 10.7. The van der Waals surface area contributed by atoms with Gasteiger partial charge < -0.3 is 5.32 Å². The fraction of sp³-hybridized carbons (Fsp3) is 0.214. The normalized spacial score (nSPS) is 11.7. The van der Waals surface area contributed by atoms with Gasteiger partial charge >= 0.3 is 0 Å². The zero-order chi connectivity index (χ0) is 17.2. The van der Waals surface area contributed by atoms with E-state index in [1.165, 1.54) is 30.3 Å². The molecule has 2 N–H and O–H groups in total. The lowest BCUT2D eigenvalue weighted by molar-refractivity contribution is 0.102. The second-order valence-corrected chi connectivity index (χ2v) is 8.99. The summed E-state index contributed by atoms with van der Waals surface area (Å²) < 4.78 is 27.2. The number of hydrogen-bond acceptors (Lipinski definition) is 4. The molecule has 2 rings (SSSR count). The number of nitrogens with one attached hydrogen (secondary N) is 2. The Bertz CT molecular complexity index is 815. The molecular formula is C14H14Cl2N2O3S2. The third-order valence-corrected chi connectivity index (χ3v) is 5.88. The maximum atomic E-state index is 12.1. The van der Waals surface area contributed by atoms with Crippen LogP contribution in [-0.2, 0) is 10.0 Å². The summed E-state index contributed by atoms with van der Waals surface area (Å²) in [5, 5.41) is 2.64. The second kappa shape index (κ2) is 7.19. The minimum Gasteiger partial charge on any atom is -0.322 e. The van der Waals surface area contributed by atoms with Gasteiger partial charge in [-0.25, -0.2) is 13.1 Å². The van der Waals surface area contributed by atoms with E-state index < -0.39 is 15.9 Å². The topological polar surface area (TPSA) is 75.3 Å². The minimum absolute atomic E-state index is 0.126. The monoisotopic (exact) mass is 392 g/mol. The number of carbonyl (C=O) groups is 1. The minimum atomic E-state index is -3.56. The number of hydrogen-bond donors (Lipinski definition) is 2. The van der Waals surface area contributed by atoms with E-state index >= 15 is 0 Å². The molecule has 0 saturated heterocycles. The van der Waals surface area contributed by atoms with Gasteiger partial charge in [-0.1, -0.05) is 23.2 Å². The van der Waals surface area contributed by atoms with Gasteiger partial charge in [0, 0.05) is 11.7 Å². The lowest BCUT2D eigenvalue weighted by Crippen LogP contribution is -2.30. The van der Waals surface area contributed by atoms with Gasteiger partial charge in [0.1, 0.15) is 4.34 Å². The molecule has 2 aromatic rings. The van der Waals surface area contributed by atoms with Crippen LogP contribution >= 0.6 is 34.5 Å². The molecule has 0 fully saturated rings. The van der Waals surface area contributed by atoms with Crippen molar-refractivity contribution < 1.29 is 13.2 Å². The first-order valence-electron chi connectivity index (χ1n) is 6.57. The SMILES string of the molecule is CC(C)NS(=O)(=O)c1ccc(NC(=O)c2cc(Cl)sc2Cl)cc1. The molecule has 0 unspecified atom stereocenters. The average Bonchev–Trinajstić information content (AvgIpc) is 2.77. The van der Waals surface area contributed by atoms with Crippen molar-refractivity contribution in [1.82, 2.24) is 4.72 Å². The van der Waals surface area contributed by atoms with Gasteiger partial charge in [0.15, 0.2) is 0 Å². The summed E-state index contributed by atoms with van der Waals surface area (Å²) in [5.74, 6) is -0.408. The van der Waals surface area contributed by atoms with Crippen LogP contribution in [0.15, 0.2) is 35.2 Å². The van der Waals surface area contributed by atoms with Gasteiger partial charge in [0.25, 0.3) is 5.91 Å². The van der Waals surface area contributed by atoms with Crippen LogP contribution in [0.5, 0.6) is 0 Å². The summed E-state index contributed by atoms with van der Waals surface area (Å²) in [6.07, 6.45) is 0. The maximum absolute atomic E-state index is 12.1. The van der Waals surface area contributed by atoms with Crippen LogP contribution in [0.2, 0.25) is 8.67 Å². The van der Waals surface area contributed by atoms with Crippen LogP contribution in [-0.4, -0.2) is 20.4 Å². The third-order valence-electron chi connectivity index (χ3n) is 2.71. The smallest absolute Gasteiger partial charge is 0.258 e. The molecule has 0 saturated carbocycles. The Morgan fingerprint density at radius 2 is 1.78 bits per heavy atom. The highest BCUT2D eigenvalue weighted by Crippen LogP contribution is 2.31. The van der Waals surface area contributed by atoms with E-state index in [9.17, 15) is 13.2 Å².